The van der Waals surface area contributed by atoms with Gasteiger partial charge in [-0.2, -0.15) is 0 Å². The summed E-state index contributed by atoms with van der Waals surface area (Å²) < 4.78 is 0. The highest BCUT2D eigenvalue weighted by atomic mass is 16.6. The number of aromatic amines is 1. The number of aliphatic carboxylic acids is 1. The van der Waals surface area contributed by atoms with Crippen LogP contribution in [0.4, 0.5) is 5.69 Å². The number of nitrogens with one attached hydrogen (secondary N) is 2. The monoisotopic (exact) mass is 269 g/mol. The molecule has 8 heteroatoms. The second kappa shape index (κ2) is 5.98. The molecule has 0 radical (unpaired) electrons. The van der Waals surface area contributed by atoms with E-state index in [9.17, 15) is 19.7 Å². The fraction of sp³-hybridized carbons (Fsp3) is 0.455. The molecule has 0 bridgehead atoms. The van der Waals surface area contributed by atoms with Crippen LogP contribution in [0.25, 0.3) is 0 Å². The molecule has 0 aromatic carbocycles. The van der Waals surface area contributed by atoms with Crippen LogP contribution in [0, 0.1) is 16.0 Å². The van der Waals surface area contributed by atoms with Crippen molar-refractivity contribution in [1.29, 1.82) is 0 Å². The summed E-state index contributed by atoms with van der Waals surface area (Å²) in [6.45, 7) is 3.67. The zero-order valence-electron chi connectivity index (χ0n) is 10.5. The van der Waals surface area contributed by atoms with Crippen molar-refractivity contribution in [2.75, 3.05) is 0 Å². The summed E-state index contributed by atoms with van der Waals surface area (Å²) in [5.74, 6) is -1.72. The molecule has 1 aromatic rings. The van der Waals surface area contributed by atoms with Crippen molar-refractivity contribution in [2.45, 2.75) is 26.3 Å². The van der Waals surface area contributed by atoms with E-state index < -0.39 is 22.8 Å². The lowest BCUT2D eigenvalue weighted by molar-refractivity contribution is -0.384. The molecule has 19 heavy (non-hydrogen) atoms. The van der Waals surface area contributed by atoms with Crippen molar-refractivity contribution in [1.82, 2.24) is 10.3 Å². The number of rotatable bonds is 6. The highest BCUT2D eigenvalue weighted by Gasteiger charge is 2.23. The van der Waals surface area contributed by atoms with E-state index in [0.717, 1.165) is 12.3 Å². The number of carboxylic acids is 1. The number of amides is 1. The molecule has 8 nitrogen and oxygen atoms in total. The van der Waals surface area contributed by atoms with Gasteiger partial charge in [-0.05, 0) is 12.3 Å². The second-order valence-corrected chi connectivity index (χ2v) is 4.52. The summed E-state index contributed by atoms with van der Waals surface area (Å²) in [5, 5.41) is 21.8. The molecule has 1 amide bonds. The SMILES string of the molecule is CC(C)C[C@H](NC(=O)c1cc([N+](=O)[O-])c[nH]1)C(=O)O. The smallest absolute Gasteiger partial charge is 0.326 e. The summed E-state index contributed by atoms with van der Waals surface area (Å²) in [6.07, 6.45) is 1.36. The molecular weight excluding hydrogens is 254 g/mol. The molecule has 1 atom stereocenters. The van der Waals surface area contributed by atoms with E-state index >= 15 is 0 Å². The van der Waals surface area contributed by atoms with Crippen LogP contribution in [-0.4, -0.2) is 32.9 Å². The highest BCUT2D eigenvalue weighted by Crippen LogP contribution is 2.13. The zero-order valence-corrected chi connectivity index (χ0v) is 10.5. The van der Waals surface area contributed by atoms with Gasteiger partial charge in [0.05, 0.1) is 11.1 Å². The van der Waals surface area contributed by atoms with Gasteiger partial charge in [0.15, 0.2) is 0 Å². The number of carboxylic acid groups (broad SMARTS) is 1. The predicted molar refractivity (Wildman–Crippen MR) is 65.8 cm³/mol. The van der Waals surface area contributed by atoms with Crippen molar-refractivity contribution in [2.24, 2.45) is 5.92 Å². The van der Waals surface area contributed by atoms with E-state index in [0.29, 0.717) is 0 Å². The molecule has 0 aliphatic heterocycles. The Balaban J connectivity index is 2.75. The van der Waals surface area contributed by atoms with Crippen molar-refractivity contribution in [3.63, 3.8) is 0 Å². The number of hydrogen-bond donors (Lipinski definition) is 3. The first kappa shape index (κ1) is 14.7. The molecule has 3 N–H and O–H groups in total. The third kappa shape index (κ3) is 4.09. The number of nitro groups is 1. The van der Waals surface area contributed by atoms with Crippen LogP contribution in [0.1, 0.15) is 30.8 Å². The average molecular weight is 269 g/mol. The highest BCUT2D eigenvalue weighted by molar-refractivity contribution is 5.95. The molecule has 0 aliphatic carbocycles. The molecular formula is C11H15N3O5. The molecule has 104 valence electrons. The van der Waals surface area contributed by atoms with Gasteiger partial charge >= 0.3 is 5.97 Å². The maximum atomic E-state index is 11.7. The van der Waals surface area contributed by atoms with Crippen LogP contribution in [0.3, 0.4) is 0 Å². The van der Waals surface area contributed by atoms with Crippen LogP contribution in [0.2, 0.25) is 0 Å². The zero-order chi connectivity index (χ0) is 14.6. The Morgan fingerprint density at radius 3 is 2.58 bits per heavy atom. The number of nitrogens with zero attached hydrogens (tertiary/aromatic N) is 1. The van der Waals surface area contributed by atoms with Crippen molar-refractivity contribution < 1.29 is 19.6 Å². The first-order valence-electron chi connectivity index (χ1n) is 5.67. The normalized spacial score (nSPS) is 12.2. The van der Waals surface area contributed by atoms with Crippen LogP contribution in [-0.2, 0) is 4.79 Å². The van der Waals surface area contributed by atoms with E-state index in [-0.39, 0.29) is 23.7 Å². The lowest BCUT2D eigenvalue weighted by atomic mass is 10.0. The molecule has 1 aromatic heterocycles. The fourth-order valence-electron chi connectivity index (χ4n) is 1.55. The summed E-state index contributed by atoms with van der Waals surface area (Å²) in [4.78, 5) is 35.0. The van der Waals surface area contributed by atoms with Crippen molar-refractivity contribution >= 4 is 17.6 Å². The Hall–Kier alpha value is -2.38. The van der Waals surface area contributed by atoms with Gasteiger partial charge in [-0.1, -0.05) is 13.8 Å². The molecule has 0 saturated heterocycles. The Kier molecular flexibility index (Phi) is 4.62. The lowest BCUT2D eigenvalue weighted by Crippen LogP contribution is -2.41. The Bertz CT molecular complexity index is 494. The van der Waals surface area contributed by atoms with Gasteiger partial charge in [0.1, 0.15) is 11.7 Å². The molecule has 0 aliphatic rings. The minimum atomic E-state index is -1.14. The lowest BCUT2D eigenvalue weighted by Gasteiger charge is -2.15. The van der Waals surface area contributed by atoms with E-state index in [1.165, 1.54) is 0 Å². The Morgan fingerprint density at radius 2 is 2.16 bits per heavy atom. The van der Waals surface area contributed by atoms with Gasteiger partial charge in [-0.25, -0.2) is 4.79 Å². The van der Waals surface area contributed by atoms with Gasteiger partial charge in [-0.3, -0.25) is 14.9 Å². The molecule has 0 saturated carbocycles. The van der Waals surface area contributed by atoms with Crippen molar-refractivity contribution in [3.05, 3.63) is 28.1 Å². The largest absolute Gasteiger partial charge is 0.480 e. The fourth-order valence-corrected chi connectivity index (χ4v) is 1.55. The number of hydrogen-bond acceptors (Lipinski definition) is 4. The maximum absolute atomic E-state index is 11.7. The molecule has 1 rings (SSSR count). The summed E-state index contributed by atoms with van der Waals surface area (Å²) in [6, 6.07) is 0.0405. The van der Waals surface area contributed by atoms with E-state index in [1.807, 2.05) is 13.8 Å². The second-order valence-electron chi connectivity index (χ2n) is 4.52. The van der Waals surface area contributed by atoms with Gasteiger partial charge in [0, 0.05) is 6.07 Å². The minimum Gasteiger partial charge on any atom is -0.480 e. The first-order chi connectivity index (χ1) is 8.81. The van der Waals surface area contributed by atoms with E-state index in [1.54, 1.807) is 0 Å². The minimum absolute atomic E-state index is 0.0401. The summed E-state index contributed by atoms with van der Waals surface area (Å²) in [7, 11) is 0. The Labute approximate surface area is 109 Å². The summed E-state index contributed by atoms with van der Waals surface area (Å²) in [5.41, 5.74) is -0.289. The van der Waals surface area contributed by atoms with E-state index in [4.69, 9.17) is 5.11 Å². The summed E-state index contributed by atoms with van der Waals surface area (Å²) >= 11 is 0. The first-order valence-corrected chi connectivity index (χ1v) is 5.67. The molecule has 1 heterocycles. The van der Waals surface area contributed by atoms with E-state index in [2.05, 4.69) is 10.3 Å². The van der Waals surface area contributed by atoms with Crippen LogP contribution >= 0.6 is 0 Å². The standard InChI is InChI=1S/C11H15N3O5/c1-6(2)3-9(11(16)17)13-10(15)8-4-7(5-12-8)14(18)19/h4-6,9,12H,3H2,1-2H3,(H,13,15)(H,16,17)/t9-/m0/s1. The molecule has 0 spiro atoms. The van der Waals surface area contributed by atoms with Crippen LogP contribution in [0.5, 0.6) is 0 Å². The maximum Gasteiger partial charge on any atom is 0.326 e. The average Bonchev–Trinajstić information content (AvgIpc) is 2.76. The molecule has 0 unspecified atom stereocenters. The number of aromatic nitrogens is 1. The van der Waals surface area contributed by atoms with Gasteiger partial charge < -0.3 is 15.4 Å². The number of carbonyl (C=O) groups is 2. The quantitative estimate of drug-likeness (QED) is 0.527. The molecule has 0 fully saturated rings. The number of carbonyl (C=O) groups excluding carboxylic acids is 1. The van der Waals surface area contributed by atoms with Gasteiger partial charge in [-0.15, -0.1) is 0 Å². The predicted octanol–water partition coefficient (Wildman–Crippen LogP) is 1.15. The third-order valence-corrected chi connectivity index (χ3v) is 2.43. The van der Waals surface area contributed by atoms with Gasteiger partial charge in [0.25, 0.3) is 11.6 Å². The topological polar surface area (TPSA) is 125 Å². The van der Waals surface area contributed by atoms with Crippen LogP contribution in [0.15, 0.2) is 12.3 Å². The third-order valence-electron chi connectivity index (χ3n) is 2.43. The van der Waals surface area contributed by atoms with Crippen molar-refractivity contribution in [3.8, 4) is 0 Å². The Morgan fingerprint density at radius 1 is 1.53 bits per heavy atom. The number of H-pyrrole nitrogens is 1. The van der Waals surface area contributed by atoms with Crippen LogP contribution < -0.4 is 5.32 Å². The van der Waals surface area contributed by atoms with Gasteiger partial charge in [0.2, 0.25) is 0 Å².